The molecule has 0 saturated heterocycles. The van der Waals surface area contributed by atoms with Crippen LogP contribution in [0, 0.1) is 17.4 Å². The average molecular weight is 542 g/mol. The maximum Gasteiger partial charge on any atom is 0.573 e. The lowest BCUT2D eigenvalue weighted by Gasteiger charge is -2.21. The Kier molecular flexibility index (Phi) is 7.09. The summed E-state index contributed by atoms with van der Waals surface area (Å²) in [5.41, 5.74) is 1.06. The van der Waals surface area contributed by atoms with Gasteiger partial charge in [-0.15, -0.1) is 13.2 Å². The number of carbonyl (C=O) groups excluding carboxylic acids is 1. The monoisotopic (exact) mass is 542 g/mol. The van der Waals surface area contributed by atoms with Crippen molar-refractivity contribution in [3.8, 4) is 17.2 Å². The molecule has 162 valence electrons. The molecule has 0 atom stereocenters. The minimum Gasteiger partial charge on any atom is -0.488 e. The fourth-order valence-electron chi connectivity index (χ4n) is 2.95. The summed E-state index contributed by atoms with van der Waals surface area (Å²) < 4.78 is 54.8. The summed E-state index contributed by atoms with van der Waals surface area (Å²) in [6.45, 7) is 3.08. The third-order valence-corrected chi connectivity index (χ3v) is 5.71. The molecule has 0 fully saturated rings. The lowest BCUT2D eigenvalue weighted by Crippen LogP contribution is -2.21. The summed E-state index contributed by atoms with van der Waals surface area (Å²) in [6, 6.07) is 17.5. The Morgan fingerprint density at radius 3 is 2.06 bits per heavy atom. The summed E-state index contributed by atoms with van der Waals surface area (Å²) in [5, 5.41) is 0. The van der Waals surface area contributed by atoms with E-state index >= 15 is 0 Å². The van der Waals surface area contributed by atoms with Crippen molar-refractivity contribution < 1.29 is 32.2 Å². The van der Waals surface area contributed by atoms with E-state index in [0.29, 0.717) is 5.56 Å². The number of alkyl halides is 3. The molecule has 3 aromatic carbocycles. The van der Waals surface area contributed by atoms with E-state index in [4.69, 9.17) is 9.47 Å². The van der Waals surface area contributed by atoms with Gasteiger partial charge in [0.15, 0.2) is 0 Å². The SMILES string of the molecule is Cc1c(I)c(OC(F)(F)F)c(C)c(C(=O)Oc2ccccc2)c1OCc1ccccc1. The normalized spacial score (nSPS) is 11.2. The maximum atomic E-state index is 13.0. The molecular formula is C23H18F3IO4. The van der Waals surface area contributed by atoms with Gasteiger partial charge in [0.2, 0.25) is 0 Å². The van der Waals surface area contributed by atoms with Crippen LogP contribution in [-0.2, 0) is 6.61 Å². The number of halogens is 4. The Morgan fingerprint density at radius 2 is 1.48 bits per heavy atom. The molecule has 8 heteroatoms. The highest BCUT2D eigenvalue weighted by Gasteiger charge is 2.36. The molecule has 0 saturated carbocycles. The molecule has 0 radical (unpaired) electrons. The van der Waals surface area contributed by atoms with Crippen LogP contribution >= 0.6 is 22.6 Å². The summed E-state index contributed by atoms with van der Waals surface area (Å²) >= 11 is 1.76. The fraction of sp³-hybridized carbons (Fsp3) is 0.174. The van der Waals surface area contributed by atoms with Gasteiger partial charge in [0.1, 0.15) is 29.4 Å². The van der Waals surface area contributed by atoms with Crippen molar-refractivity contribution in [3.05, 3.63) is 86.5 Å². The molecule has 0 aliphatic carbocycles. The fourth-order valence-corrected chi connectivity index (χ4v) is 3.71. The van der Waals surface area contributed by atoms with Crippen molar-refractivity contribution in [2.24, 2.45) is 0 Å². The predicted molar refractivity (Wildman–Crippen MR) is 117 cm³/mol. The van der Waals surface area contributed by atoms with E-state index in [1.54, 1.807) is 59.8 Å². The Labute approximate surface area is 191 Å². The Balaban J connectivity index is 2.07. The molecule has 0 aliphatic rings. The lowest BCUT2D eigenvalue weighted by atomic mass is 10.0. The van der Waals surface area contributed by atoms with E-state index in [2.05, 4.69) is 4.74 Å². The van der Waals surface area contributed by atoms with Crippen molar-refractivity contribution in [1.29, 1.82) is 0 Å². The van der Waals surface area contributed by atoms with Gasteiger partial charge >= 0.3 is 12.3 Å². The van der Waals surface area contributed by atoms with Crippen LogP contribution in [0.5, 0.6) is 17.2 Å². The zero-order chi connectivity index (χ0) is 22.6. The first-order chi connectivity index (χ1) is 14.7. The number of carbonyl (C=O) groups is 1. The second-order valence-electron chi connectivity index (χ2n) is 6.62. The number of rotatable bonds is 6. The van der Waals surface area contributed by atoms with Crippen LogP contribution in [-0.4, -0.2) is 12.3 Å². The van der Waals surface area contributed by atoms with E-state index in [1.807, 2.05) is 30.3 Å². The number of para-hydroxylation sites is 1. The minimum atomic E-state index is -4.91. The van der Waals surface area contributed by atoms with Crippen molar-refractivity contribution in [2.45, 2.75) is 26.8 Å². The molecule has 0 aliphatic heterocycles. The highest BCUT2D eigenvalue weighted by atomic mass is 127. The van der Waals surface area contributed by atoms with Gasteiger partial charge < -0.3 is 14.2 Å². The average Bonchev–Trinajstić information content (AvgIpc) is 2.73. The Bertz CT molecular complexity index is 1070. The van der Waals surface area contributed by atoms with E-state index in [-0.39, 0.29) is 32.8 Å². The molecule has 3 rings (SSSR count). The topological polar surface area (TPSA) is 44.8 Å². The molecule has 3 aromatic rings. The first kappa shape index (κ1) is 22.9. The summed E-state index contributed by atoms with van der Waals surface area (Å²) in [5.74, 6) is -0.868. The molecule has 0 bridgehead atoms. The predicted octanol–water partition coefficient (Wildman–Crippen LogP) is 6.60. The van der Waals surface area contributed by atoms with Crippen molar-refractivity contribution in [1.82, 2.24) is 0 Å². The van der Waals surface area contributed by atoms with E-state index in [9.17, 15) is 18.0 Å². The Morgan fingerprint density at radius 1 is 0.903 bits per heavy atom. The largest absolute Gasteiger partial charge is 0.573 e. The van der Waals surface area contributed by atoms with E-state index < -0.39 is 18.1 Å². The molecule has 0 amide bonds. The van der Waals surface area contributed by atoms with Gasteiger partial charge in [-0.3, -0.25) is 0 Å². The van der Waals surface area contributed by atoms with Crippen molar-refractivity contribution >= 4 is 28.6 Å². The van der Waals surface area contributed by atoms with E-state index in [0.717, 1.165) is 5.56 Å². The molecule has 0 spiro atoms. The van der Waals surface area contributed by atoms with Crippen LogP contribution in [0.25, 0.3) is 0 Å². The van der Waals surface area contributed by atoms with E-state index in [1.165, 1.54) is 6.92 Å². The third-order valence-electron chi connectivity index (χ3n) is 4.41. The smallest absolute Gasteiger partial charge is 0.488 e. The Hall–Kier alpha value is -2.75. The van der Waals surface area contributed by atoms with Crippen LogP contribution < -0.4 is 14.2 Å². The van der Waals surface area contributed by atoms with Crippen molar-refractivity contribution in [2.75, 3.05) is 0 Å². The summed E-state index contributed by atoms with van der Waals surface area (Å²) in [6.07, 6.45) is -4.91. The van der Waals surface area contributed by atoms with Gasteiger partial charge in [-0.05, 0) is 54.1 Å². The number of benzene rings is 3. The van der Waals surface area contributed by atoms with Gasteiger partial charge in [0, 0.05) is 11.1 Å². The van der Waals surface area contributed by atoms with Gasteiger partial charge in [0.25, 0.3) is 0 Å². The standard InChI is InChI=1S/C23H18F3IO4/c1-14-18(22(28)30-17-11-7-4-8-12-17)20(29-13-16-9-5-3-6-10-16)15(2)19(27)21(14)31-23(24,25)26/h3-12H,13H2,1-2H3. The maximum absolute atomic E-state index is 13.0. The number of hydrogen-bond donors (Lipinski definition) is 0. The van der Waals surface area contributed by atoms with Gasteiger partial charge in [-0.1, -0.05) is 48.5 Å². The number of hydrogen-bond acceptors (Lipinski definition) is 4. The molecule has 0 heterocycles. The van der Waals surface area contributed by atoms with Crippen LogP contribution in [0.1, 0.15) is 27.0 Å². The molecule has 0 aromatic heterocycles. The highest BCUT2D eigenvalue weighted by molar-refractivity contribution is 14.1. The first-order valence-electron chi connectivity index (χ1n) is 9.19. The zero-order valence-electron chi connectivity index (χ0n) is 16.6. The highest BCUT2D eigenvalue weighted by Crippen LogP contribution is 2.42. The first-order valence-corrected chi connectivity index (χ1v) is 10.3. The molecule has 0 unspecified atom stereocenters. The van der Waals surface area contributed by atoms with Crippen LogP contribution in [0.15, 0.2) is 60.7 Å². The number of ether oxygens (including phenoxy) is 3. The summed E-state index contributed by atoms with van der Waals surface area (Å²) in [4.78, 5) is 13.0. The number of esters is 1. The van der Waals surface area contributed by atoms with Crippen LogP contribution in [0.2, 0.25) is 0 Å². The molecular weight excluding hydrogens is 524 g/mol. The second-order valence-corrected chi connectivity index (χ2v) is 7.70. The quantitative estimate of drug-likeness (QED) is 0.200. The van der Waals surface area contributed by atoms with Gasteiger partial charge in [0.05, 0.1) is 3.57 Å². The second kappa shape index (κ2) is 9.59. The van der Waals surface area contributed by atoms with Crippen LogP contribution in [0.3, 0.4) is 0 Å². The minimum absolute atomic E-state index is 0.0173. The van der Waals surface area contributed by atoms with Crippen molar-refractivity contribution in [3.63, 3.8) is 0 Å². The molecule has 4 nitrogen and oxygen atoms in total. The summed E-state index contributed by atoms with van der Waals surface area (Å²) in [7, 11) is 0. The molecule has 0 N–H and O–H groups in total. The van der Waals surface area contributed by atoms with Gasteiger partial charge in [-0.2, -0.15) is 0 Å². The zero-order valence-corrected chi connectivity index (χ0v) is 18.8. The molecule has 31 heavy (non-hydrogen) atoms. The van der Waals surface area contributed by atoms with Crippen LogP contribution in [0.4, 0.5) is 13.2 Å². The lowest BCUT2D eigenvalue weighted by molar-refractivity contribution is -0.275. The third kappa shape index (κ3) is 5.69. The van der Waals surface area contributed by atoms with Gasteiger partial charge in [-0.25, -0.2) is 4.79 Å².